The first-order valence-corrected chi connectivity index (χ1v) is 13.0. The molecule has 8 heteroatoms. The molecule has 1 heterocycles. The Labute approximate surface area is 228 Å². The van der Waals surface area contributed by atoms with Crippen LogP contribution in [-0.2, 0) is 10.2 Å². The lowest BCUT2D eigenvalue weighted by molar-refractivity contribution is -0.125. The molecule has 1 saturated heterocycles. The molecular weight excluding hydrogens is 511 g/mol. The highest BCUT2D eigenvalue weighted by Crippen LogP contribution is 2.36. The summed E-state index contributed by atoms with van der Waals surface area (Å²) in [6, 6.07) is 19.8. The number of likely N-dealkylation sites (tertiary alicyclic amines) is 1. The highest BCUT2D eigenvalue weighted by Gasteiger charge is 2.39. The van der Waals surface area contributed by atoms with E-state index in [0.717, 1.165) is 23.2 Å². The van der Waals surface area contributed by atoms with Crippen molar-refractivity contribution in [2.24, 2.45) is 0 Å². The molecule has 0 radical (unpaired) electrons. The third kappa shape index (κ3) is 6.04. The number of hydrogen-bond donors (Lipinski definition) is 2. The third-order valence-electron chi connectivity index (χ3n) is 7.11. The molecule has 0 bridgehead atoms. The van der Waals surface area contributed by atoms with Gasteiger partial charge in [0.1, 0.15) is 11.5 Å². The van der Waals surface area contributed by atoms with Crippen molar-refractivity contribution in [1.82, 2.24) is 10.2 Å². The molecule has 196 valence electrons. The molecule has 0 aliphatic carbocycles. The lowest BCUT2D eigenvalue weighted by Gasteiger charge is -2.34. The van der Waals surface area contributed by atoms with E-state index in [1.54, 1.807) is 38.5 Å². The smallest absolute Gasteiger partial charge is 0.235 e. The molecule has 4 rings (SSSR count). The summed E-state index contributed by atoms with van der Waals surface area (Å²) in [5, 5.41) is 14.6. The number of carbonyl (C=O) groups is 1. The van der Waals surface area contributed by atoms with Gasteiger partial charge in [0.05, 0.1) is 31.8 Å². The Morgan fingerprint density at radius 3 is 2.11 bits per heavy atom. The van der Waals surface area contributed by atoms with Gasteiger partial charge in [-0.25, -0.2) is 0 Å². The lowest BCUT2D eigenvalue weighted by Crippen LogP contribution is -2.47. The molecule has 1 aliphatic heterocycles. The third-order valence-corrected chi connectivity index (χ3v) is 7.61. The molecule has 3 aromatic carbocycles. The van der Waals surface area contributed by atoms with Crippen LogP contribution in [0.4, 0.5) is 0 Å². The summed E-state index contributed by atoms with van der Waals surface area (Å²) < 4.78 is 11.1. The van der Waals surface area contributed by atoms with Gasteiger partial charge < -0.3 is 19.9 Å². The molecule has 0 saturated carbocycles. The summed E-state index contributed by atoms with van der Waals surface area (Å²) in [6.45, 7) is 3.72. The Bertz CT molecular complexity index is 1170. The van der Waals surface area contributed by atoms with Gasteiger partial charge in [0.25, 0.3) is 0 Å². The summed E-state index contributed by atoms with van der Waals surface area (Å²) in [5.74, 6) is 1.10. The first kappa shape index (κ1) is 27.3. The fourth-order valence-corrected chi connectivity index (χ4v) is 5.11. The standard InChI is InChI=1S/C29H32Cl2N2O4/c1-29(19-4-8-21(30)9-5-19,20-6-10-22(31)11-7-20)28(35)32-26(18-33-15-14-23(34)17-33)25-13-12-24(36-2)16-27(25)37-3/h4-13,16,23,26,34H,14-15,17-18H2,1-3H3,(H,32,35)/t23?,26-/m1/s1. The Balaban J connectivity index is 1.75. The normalized spacial score (nSPS) is 16.9. The molecule has 0 aromatic heterocycles. The van der Waals surface area contributed by atoms with Crippen molar-refractivity contribution >= 4 is 29.1 Å². The van der Waals surface area contributed by atoms with Gasteiger partial charge in [-0.1, -0.05) is 47.5 Å². The SMILES string of the molecule is COc1ccc([C@@H](CN2CCC(O)C2)NC(=O)C(C)(c2ccc(Cl)cc2)c2ccc(Cl)cc2)c(OC)c1. The van der Waals surface area contributed by atoms with E-state index in [1.165, 1.54) is 0 Å². The van der Waals surface area contributed by atoms with Gasteiger partial charge in [-0.3, -0.25) is 9.69 Å². The summed E-state index contributed by atoms with van der Waals surface area (Å²) >= 11 is 12.3. The zero-order valence-electron chi connectivity index (χ0n) is 21.2. The fraction of sp³-hybridized carbons (Fsp3) is 0.345. The molecule has 1 fully saturated rings. The van der Waals surface area contributed by atoms with E-state index in [1.807, 2.05) is 49.4 Å². The van der Waals surface area contributed by atoms with Crippen LogP contribution >= 0.6 is 23.2 Å². The van der Waals surface area contributed by atoms with Gasteiger partial charge in [-0.05, 0) is 60.9 Å². The van der Waals surface area contributed by atoms with Crippen LogP contribution in [0.2, 0.25) is 10.0 Å². The number of ether oxygens (including phenoxy) is 2. The summed E-state index contributed by atoms with van der Waals surface area (Å²) in [4.78, 5) is 16.4. The van der Waals surface area contributed by atoms with E-state index in [9.17, 15) is 9.90 Å². The van der Waals surface area contributed by atoms with Crippen molar-refractivity contribution in [3.05, 3.63) is 93.5 Å². The maximum Gasteiger partial charge on any atom is 0.235 e. The Morgan fingerprint density at radius 2 is 1.62 bits per heavy atom. The van der Waals surface area contributed by atoms with Gasteiger partial charge in [0, 0.05) is 41.3 Å². The highest BCUT2D eigenvalue weighted by atomic mass is 35.5. The largest absolute Gasteiger partial charge is 0.497 e. The summed E-state index contributed by atoms with van der Waals surface area (Å²) in [7, 11) is 3.20. The van der Waals surface area contributed by atoms with Crippen molar-refractivity contribution in [2.75, 3.05) is 33.9 Å². The predicted octanol–water partition coefficient (Wildman–Crippen LogP) is 5.24. The number of carbonyl (C=O) groups excluding carboxylic acids is 1. The number of hydrogen-bond acceptors (Lipinski definition) is 5. The monoisotopic (exact) mass is 542 g/mol. The minimum absolute atomic E-state index is 0.181. The number of nitrogens with one attached hydrogen (secondary N) is 1. The fourth-order valence-electron chi connectivity index (χ4n) is 4.86. The van der Waals surface area contributed by atoms with Crippen LogP contribution in [0, 0.1) is 0 Å². The van der Waals surface area contributed by atoms with Crippen LogP contribution in [0.25, 0.3) is 0 Å². The van der Waals surface area contributed by atoms with Crippen molar-refractivity contribution in [3.63, 3.8) is 0 Å². The minimum Gasteiger partial charge on any atom is -0.497 e. The number of benzene rings is 3. The van der Waals surface area contributed by atoms with Crippen LogP contribution in [0.3, 0.4) is 0 Å². The number of β-amino-alcohol motifs (C(OH)–C–C–N with tert-alkyl or cyclic N) is 1. The van der Waals surface area contributed by atoms with E-state index in [2.05, 4.69) is 10.2 Å². The van der Waals surface area contributed by atoms with Crippen molar-refractivity contribution < 1.29 is 19.4 Å². The number of amides is 1. The summed E-state index contributed by atoms with van der Waals surface area (Å²) in [5.41, 5.74) is 1.40. The van der Waals surface area contributed by atoms with Gasteiger partial charge in [0.15, 0.2) is 0 Å². The van der Waals surface area contributed by atoms with Gasteiger partial charge in [-0.2, -0.15) is 0 Å². The first-order chi connectivity index (χ1) is 17.7. The van der Waals surface area contributed by atoms with Crippen molar-refractivity contribution in [2.45, 2.75) is 30.9 Å². The molecule has 6 nitrogen and oxygen atoms in total. The number of rotatable bonds is 9. The van der Waals surface area contributed by atoms with E-state index < -0.39 is 11.5 Å². The van der Waals surface area contributed by atoms with Gasteiger partial charge in [0.2, 0.25) is 5.91 Å². The van der Waals surface area contributed by atoms with Crippen LogP contribution < -0.4 is 14.8 Å². The van der Waals surface area contributed by atoms with Crippen LogP contribution in [0.5, 0.6) is 11.5 Å². The average Bonchev–Trinajstić information content (AvgIpc) is 3.32. The maximum atomic E-state index is 14.3. The van der Waals surface area contributed by atoms with E-state index in [0.29, 0.717) is 41.1 Å². The Kier molecular flexibility index (Phi) is 8.65. The molecule has 37 heavy (non-hydrogen) atoms. The second-order valence-corrected chi connectivity index (χ2v) is 10.3. The topological polar surface area (TPSA) is 71.0 Å². The average molecular weight is 543 g/mol. The highest BCUT2D eigenvalue weighted by molar-refractivity contribution is 6.30. The Morgan fingerprint density at radius 1 is 1.03 bits per heavy atom. The molecular formula is C29H32Cl2N2O4. The first-order valence-electron chi connectivity index (χ1n) is 12.2. The van der Waals surface area contributed by atoms with Crippen LogP contribution in [-0.4, -0.2) is 55.9 Å². The van der Waals surface area contributed by atoms with E-state index in [4.69, 9.17) is 32.7 Å². The van der Waals surface area contributed by atoms with Gasteiger partial charge >= 0.3 is 0 Å². The number of aliphatic hydroxyl groups is 1. The molecule has 1 unspecified atom stereocenters. The molecule has 2 atom stereocenters. The Hall–Kier alpha value is -2.77. The van der Waals surface area contributed by atoms with E-state index >= 15 is 0 Å². The molecule has 1 aliphatic rings. The zero-order chi connectivity index (χ0) is 26.6. The zero-order valence-corrected chi connectivity index (χ0v) is 22.7. The predicted molar refractivity (Wildman–Crippen MR) is 147 cm³/mol. The maximum absolute atomic E-state index is 14.3. The summed E-state index contributed by atoms with van der Waals surface area (Å²) in [6.07, 6.45) is 0.329. The van der Waals surface area contributed by atoms with Gasteiger partial charge in [-0.15, -0.1) is 0 Å². The quantitative estimate of drug-likeness (QED) is 0.386. The second-order valence-electron chi connectivity index (χ2n) is 9.47. The molecule has 2 N–H and O–H groups in total. The number of nitrogens with zero attached hydrogens (tertiary/aromatic N) is 1. The molecule has 0 spiro atoms. The van der Waals surface area contributed by atoms with E-state index in [-0.39, 0.29) is 12.0 Å². The second kappa shape index (κ2) is 11.7. The number of methoxy groups -OCH3 is 2. The van der Waals surface area contributed by atoms with Crippen LogP contribution in [0.1, 0.15) is 36.1 Å². The lowest BCUT2D eigenvalue weighted by atomic mass is 9.75. The molecule has 3 aromatic rings. The van der Waals surface area contributed by atoms with Crippen molar-refractivity contribution in [3.8, 4) is 11.5 Å². The number of halogens is 2. The number of aliphatic hydroxyl groups excluding tert-OH is 1. The minimum atomic E-state index is -1.03. The van der Waals surface area contributed by atoms with Crippen LogP contribution in [0.15, 0.2) is 66.7 Å². The molecule has 1 amide bonds. The van der Waals surface area contributed by atoms with Crippen molar-refractivity contribution in [1.29, 1.82) is 0 Å².